The summed E-state index contributed by atoms with van der Waals surface area (Å²) in [5.74, 6) is 1.05. The van der Waals surface area contributed by atoms with Crippen molar-refractivity contribution < 1.29 is 4.79 Å². The lowest BCUT2D eigenvalue weighted by molar-refractivity contribution is -0.134. The van der Waals surface area contributed by atoms with Gasteiger partial charge in [-0.3, -0.25) is 9.78 Å². The molecule has 28 heavy (non-hydrogen) atoms. The first-order valence-corrected chi connectivity index (χ1v) is 11.2. The number of pyridine rings is 1. The van der Waals surface area contributed by atoms with E-state index in [9.17, 15) is 4.79 Å². The highest BCUT2D eigenvalue weighted by atomic mass is 32.2. The summed E-state index contributed by atoms with van der Waals surface area (Å²) in [6.45, 7) is 6.90. The Hall–Kier alpha value is -1.85. The molecule has 1 amide bonds. The fourth-order valence-corrected chi connectivity index (χ4v) is 4.54. The van der Waals surface area contributed by atoms with Gasteiger partial charge in [0.05, 0.1) is 12.2 Å². The number of amides is 1. The van der Waals surface area contributed by atoms with Crippen LogP contribution in [0.15, 0.2) is 47.5 Å². The molecule has 0 radical (unpaired) electrons. The van der Waals surface area contributed by atoms with Crippen LogP contribution in [-0.4, -0.2) is 40.7 Å². The third-order valence-electron chi connectivity index (χ3n) is 5.43. The largest absolute Gasteiger partial charge is 0.334 e. The first-order chi connectivity index (χ1) is 13.6. The van der Waals surface area contributed by atoms with E-state index in [1.165, 1.54) is 16.0 Å². The number of carbonyl (C=O) groups is 1. The molecule has 5 heteroatoms. The summed E-state index contributed by atoms with van der Waals surface area (Å²) in [5.41, 5.74) is 3.58. The fourth-order valence-electron chi connectivity index (χ4n) is 3.60. The van der Waals surface area contributed by atoms with Crippen LogP contribution in [0, 0.1) is 13.8 Å². The molecular formula is C23H31N3OS. The lowest BCUT2D eigenvalue weighted by Crippen LogP contribution is -2.40. The Balaban J connectivity index is 1.62. The third kappa shape index (κ3) is 6.08. The maximum Gasteiger partial charge on any atom is 0.224 e. The Morgan fingerprint density at radius 1 is 1.18 bits per heavy atom. The molecule has 2 heterocycles. The van der Waals surface area contributed by atoms with E-state index in [0.717, 1.165) is 43.8 Å². The lowest BCUT2D eigenvalue weighted by atomic mass is 10.1. The van der Waals surface area contributed by atoms with Crippen molar-refractivity contribution in [3.8, 4) is 0 Å². The second kappa shape index (κ2) is 10.6. The van der Waals surface area contributed by atoms with Crippen molar-refractivity contribution in [3.05, 3.63) is 59.4 Å². The lowest BCUT2D eigenvalue weighted by Gasteiger charge is -2.31. The molecule has 4 nitrogen and oxygen atoms in total. The average molecular weight is 398 g/mol. The van der Waals surface area contributed by atoms with Gasteiger partial charge in [0.25, 0.3) is 0 Å². The molecule has 1 fully saturated rings. The minimum atomic E-state index is 0.244. The van der Waals surface area contributed by atoms with Crippen LogP contribution in [0.5, 0.6) is 0 Å². The molecule has 1 atom stereocenters. The summed E-state index contributed by atoms with van der Waals surface area (Å²) in [6, 6.07) is 12.8. The van der Waals surface area contributed by atoms with Crippen LogP contribution in [0.4, 0.5) is 0 Å². The number of hydrogen-bond acceptors (Lipinski definition) is 4. The number of nitrogens with zero attached hydrogens (tertiary/aromatic N) is 2. The smallest absolute Gasteiger partial charge is 0.224 e. The minimum Gasteiger partial charge on any atom is -0.334 e. The molecule has 1 saturated heterocycles. The molecule has 1 N–H and O–H groups in total. The number of rotatable bonds is 7. The average Bonchev–Trinajstić information content (AvgIpc) is 2.99. The number of aromatic nitrogens is 1. The zero-order chi connectivity index (χ0) is 19.8. The van der Waals surface area contributed by atoms with Crippen molar-refractivity contribution in [2.24, 2.45) is 0 Å². The molecule has 150 valence electrons. The standard InChI is InChI=1S/C23H31N3OS/c1-18-8-9-22(16-19(18)2)28-15-11-23(27)26(17-20-6-3-4-13-25-20)21-7-5-12-24-14-10-21/h3-4,6,8-9,13,16,21,24H,5,7,10-12,14-15,17H2,1-2H3. The van der Waals surface area contributed by atoms with E-state index in [1.807, 2.05) is 24.4 Å². The molecular weight excluding hydrogens is 366 g/mol. The Morgan fingerprint density at radius 3 is 2.86 bits per heavy atom. The van der Waals surface area contributed by atoms with Crippen molar-refractivity contribution >= 4 is 17.7 Å². The van der Waals surface area contributed by atoms with Crippen LogP contribution < -0.4 is 5.32 Å². The first-order valence-electron chi connectivity index (χ1n) is 10.2. The Labute approximate surface area is 173 Å². The van der Waals surface area contributed by atoms with Gasteiger partial charge in [-0.05, 0) is 81.6 Å². The highest BCUT2D eigenvalue weighted by molar-refractivity contribution is 7.99. The Bertz CT molecular complexity index is 758. The summed E-state index contributed by atoms with van der Waals surface area (Å²) in [4.78, 5) is 20.9. The van der Waals surface area contributed by atoms with Gasteiger partial charge in [-0.25, -0.2) is 0 Å². The van der Waals surface area contributed by atoms with Crippen molar-refractivity contribution in [1.29, 1.82) is 0 Å². The van der Waals surface area contributed by atoms with Crippen molar-refractivity contribution in [1.82, 2.24) is 15.2 Å². The molecule has 2 aromatic rings. The van der Waals surface area contributed by atoms with Crippen molar-refractivity contribution in [2.75, 3.05) is 18.8 Å². The fraction of sp³-hybridized carbons (Fsp3) is 0.478. The molecule has 1 aromatic carbocycles. The molecule has 1 aliphatic heterocycles. The summed E-state index contributed by atoms with van der Waals surface area (Å²) < 4.78 is 0. The molecule has 0 saturated carbocycles. The molecule has 1 unspecified atom stereocenters. The molecule has 1 aromatic heterocycles. The van der Waals surface area contributed by atoms with Gasteiger partial charge in [0.2, 0.25) is 5.91 Å². The van der Waals surface area contributed by atoms with E-state index in [-0.39, 0.29) is 5.91 Å². The van der Waals surface area contributed by atoms with E-state index in [0.29, 0.717) is 19.0 Å². The molecule has 3 rings (SSSR count). The number of hydrogen-bond donors (Lipinski definition) is 1. The number of thioether (sulfide) groups is 1. The zero-order valence-electron chi connectivity index (χ0n) is 17.0. The highest BCUT2D eigenvalue weighted by Gasteiger charge is 2.24. The van der Waals surface area contributed by atoms with Gasteiger partial charge in [0.1, 0.15) is 0 Å². The first kappa shape index (κ1) is 20.9. The SMILES string of the molecule is Cc1ccc(SCCC(=O)N(Cc2ccccn2)C2CCCNCC2)cc1C. The van der Waals surface area contributed by atoms with Crippen molar-refractivity contribution in [2.45, 2.75) is 57.0 Å². The van der Waals surface area contributed by atoms with E-state index in [2.05, 4.69) is 47.2 Å². The van der Waals surface area contributed by atoms with E-state index < -0.39 is 0 Å². The van der Waals surface area contributed by atoms with Crippen LogP contribution >= 0.6 is 11.8 Å². The molecule has 0 spiro atoms. The number of aryl methyl sites for hydroxylation is 2. The van der Waals surface area contributed by atoms with E-state index >= 15 is 0 Å². The molecule has 0 aliphatic carbocycles. The van der Waals surface area contributed by atoms with Gasteiger partial charge in [0, 0.05) is 29.3 Å². The molecule has 0 bridgehead atoms. The Morgan fingerprint density at radius 2 is 2.07 bits per heavy atom. The van der Waals surface area contributed by atoms with Crippen molar-refractivity contribution in [3.63, 3.8) is 0 Å². The predicted molar refractivity (Wildman–Crippen MR) is 117 cm³/mol. The van der Waals surface area contributed by atoms with Gasteiger partial charge in [-0.15, -0.1) is 11.8 Å². The predicted octanol–water partition coefficient (Wildman–Crippen LogP) is 4.35. The summed E-state index contributed by atoms with van der Waals surface area (Å²) in [7, 11) is 0. The number of benzene rings is 1. The number of carbonyl (C=O) groups excluding carboxylic acids is 1. The second-order valence-electron chi connectivity index (χ2n) is 7.52. The minimum absolute atomic E-state index is 0.244. The maximum atomic E-state index is 13.1. The van der Waals surface area contributed by atoms with Gasteiger partial charge in [-0.1, -0.05) is 12.1 Å². The van der Waals surface area contributed by atoms with Crippen LogP contribution in [0.3, 0.4) is 0 Å². The maximum absolute atomic E-state index is 13.1. The summed E-state index contributed by atoms with van der Waals surface area (Å²) in [6.07, 6.45) is 5.57. The van der Waals surface area contributed by atoms with Crippen LogP contribution in [0.1, 0.15) is 42.5 Å². The van der Waals surface area contributed by atoms with Gasteiger partial charge in [-0.2, -0.15) is 0 Å². The summed E-state index contributed by atoms with van der Waals surface area (Å²) >= 11 is 1.77. The van der Waals surface area contributed by atoms with Crippen LogP contribution in [0.25, 0.3) is 0 Å². The van der Waals surface area contributed by atoms with Gasteiger partial charge >= 0.3 is 0 Å². The Kier molecular flexibility index (Phi) is 7.92. The topological polar surface area (TPSA) is 45.2 Å². The van der Waals surface area contributed by atoms with Crippen LogP contribution in [0.2, 0.25) is 0 Å². The third-order valence-corrected chi connectivity index (χ3v) is 6.42. The van der Waals surface area contributed by atoms with Gasteiger partial charge in [0.15, 0.2) is 0 Å². The normalized spacial score (nSPS) is 17.1. The number of nitrogens with one attached hydrogen (secondary N) is 1. The van der Waals surface area contributed by atoms with E-state index in [1.54, 1.807) is 11.8 Å². The van der Waals surface area contributed by atoms with Gasteiger partial charge < -0.3 is 10.2 Å². The highest BCUT2D eigenvalue weighted by Crippen LogP contribution is 2.23. The second-order valence-corrected chi connectivity index (χ2v) is 8.69. The quantitative estimate of drug-likeness (QED) is 0.706. The molecule has 1 aliphatic rings. The van der Waals surface area contributed by atoms with Crippen LogP contribution in [-0.2, 0) is 11.3 Å². The monoisotopic (exact) mass is 397 g/mol. The van der Waals surface area contributed by atoms with E-state index in [4.69, 9.17) is 0 Å². The zero-order valence-corrected chi connectivity index (χ0v) is 17.8. The summed E-state index contributed by atoms with van der Waals surface area (Å²) in [5, 5.41) is 3.45.